The van der Waals surface area contributed by atoms with Crippen LogP contribution in [-0.4, -0.2) is 12.6 Å². The van der Waals surface area contributed by atoms with Crippen molar-refractivity contribution in [3.8, 4) is 5.75 Å². The van der Waals surface area contributed by atoms with Gasteiger partial charge >= 0.3 is 0 Å². The van der Waals surface area contributed by atoms with Gasteiger partial charge in [0.25, 0.3) is 0 Å². The SMILES string of the molecule is C[C@@H](NCC1Cc2ccccc2O1)c1cccc(F)c1. The van der Waals surface area contributed by atoms with Crippen LogP contribution in [0.25, 0.3) is 0 Å². The summed E-state index contributed by atoms with van der Waals surface area (Å²) < 4.78 is 19.1. The Hall–Kier alpha value is -1.87. The van der Waals surface area contributed by atoms with Crippen LogP contribution in [0.1, 0.15) is 24.1 Å². The lowest BCUT2D eigenvalue weighted by atomic mass is 10.1. The summed E-state index contributed by atoms with van der Waals surface area (Å²) in [4.78, 5) is 0. The molecule has 3 rings (SSSR count). The lowest BCUT2D eigenvalue weighted by Gasteiger charge is -2.17. The first-order chi connectivity index (χ1) is 9.72. The Balaban J connectivity index is 1.56. The Labute approximate surface area is 118 Å². The third-order valence-corrected chi connectivity index (χ3v) is 3.71. The van der Waals surface area contributed by atoms with Crippen molar-refractivity contribution in [2.75, 3.05) is 6.54 Å². The molecule has 1 aliphatic heterocycles. The standard InChI is InChI=1S/C17H18FNO/c1-12(13-6-4-7-15(18)9-13)19-11-16-10-14-5-2-3-8-17(14)20-16/h2-9,12,16,19H,10-11H2,1H3/t12-,16?/m1/s1. The van der Waals surface area contributed by atoms with E-state index in [1.165, 1.54) is 11.6 Å². The highest BCUT2D eigenvalue weighted by Gasteiger charge is 2.22. The third-order valence-electron chi connectivity index (χ3n) is 3.71. The normalized spacial score (nSPS) is 18.4. The summed E-state index contributed by atoms with van der Waals surface area (Å²) in [5.41, 5.74) is 2.22. The summed E-state index contributed by atoms with van der Waals surface area (Å²) in [7, 11) is 0. The number of para-hydroxylation sites is 1. The smallest absolute Gasteiger partial charge is 0.123 e. The fraction of sp³-hybridized carbons (Fsp3) is 0.294. The molecule has 1 heterocycles. The van der Waals surface area contributed by atoms with Crippen molar-refractivity contribution in [2.24, 2.45) is 0 Å². The first-order valence-corrected chi connectivity index (χ1v) is 6.96. The zero-order valence-corrected chi connectivity index (χ0v) is 11.5. The van der Waals surface area contributed by atoms with Crippen LogP contribution >= 0.6 is 0 Å². The maximum Gasteiger partial charge on any atom is 0.123 e. The van der Waals surface area contributed by atoms with E-state index in [2.05, 4.69) is 11.4 Å². The summed E-state index contributed by atoms with van der Waals surface area (Å²) in [6, 6.07) is 15.0. The fourth-order valence-electron chi connectivity index (χ4n) is 2.57. The molecule has 2 nitrogen and oxygen atoms in total. The molecule has 0 saturated carbocycles. The number of rotatable bonds is 4. The molecule has 3 heteroatoms. The largest absolute Gasteiger partial charge is 0.488 e. The maximum atomic E-state index is 13.2. The van der Waals surface area contributed by atoms with E-state index in [0.717, 1.165) is 24.3 Å². The Morgan fingerprint density at radius 2 is 2.10 bits per heavy atom. The molecular formula is C17H18FNO. The molecule has 2 aromatic rings. The first kappa shape index (κ1) is 13.1. The van der Waals surface area contributed by atoms with Crippen LogP contribution in [0.4, 0.5) is 4.39 Å². The van der Waals surface area contributed by atoms with Gasteiger partial charge in [0.15, 0.2) is 0 Å². The summed E-state index contributed by atoms with van der Waals surface area (Å²) in [6.07, 6.45) is 1.09. The predicted molar refractivity (Wildman–Crippen MR) is 77.4 cm³/mol. The molecule has 1 unspecified atom stereocenters. The summed E-state index contributed by atoms with van der Waals surface area (Å²) in [5.74, 6) is 0.790. The van der Waals surface area contributed by atoms with Gasteiger partial charge in [0.2, 0.25) is 0 Å². The molecule has 0 fully saturated rings. The van der Waals surface area contributed by atoms with Crippen LogP contribution < -0.4 is 10.1 Å². The molecule has 0 aliphatic carbocycles. The molecule has 0 radical (unpaired) electrons. The van der Waals surface area contributed by atoms with Gasteiger partial charge in [-0.3, -0.25) is 0 Å². The van der Waals surface area contributed by atoms with E-state index < -0.39 is 0 Å². The number of ether oxygens (including phenoxy) is 1. The van der Waals surface area contributed by atoms with Gasteiger partial charge in [-0.2, -0.15) is 0 Å². The van der Waals surface area contributed by atoms with Crippen LogP contribution in [0, 0.1) is 5.82 Å². The highest BCUT2D eigenvalue weighted by Crippen LogP contribution is 2.28. The highest BCUT2D eigenvalue weighted by molar-refractivity contribution is 5.37. The van der Waals surface area contributed by atoms with Gasteiger partial charge in [-0.05, 0) is 36.2 Å². The number of hydrogen-bond acceptors (Lipinski definition) is 2. The van der Waals surface area contributed by atoms with Crippen LogP contribution in [0.15, 0.2) is 48.5 Å². The van der Waals surface area contributed by atoms with E-state index in [4.69, 9.17) is 4.74 Å². The molecule has 2 aromatic carbocycles. The van der Waals surface area contributed by atoms with Crippen LogP contribution in [-0.2, 0) is 6.42 Å². The first-order valence-electron chi connectivity index (χ1n) is 6.96. The number of nitrogens with one attached hydrogen (secondary N) is 1. The van der Waals surface area contributed by atoms with Crippen molar-refractivity contribution >= 4 is 0 Å². The molecular weight excluding hydrogens is 253 g/mol. The van der Waals surface area contributed by atoms with E-state index in [-0.39, 0.29) is 18.0 Å². The minimum Gasteiger partial charge on any atom is -0.488 e. The Morgan fingerprint density at radius 3 is 2.90 bits per heavy atom. The van der Waals surface area contributed by atoms with Crippen LogP contribution in [0.2, 0.25) is 0 Å². The summed E-state index contributed by atoms with van der Waals surface area (Å²) >= 11 is 0. The van der Waals surface area contributed by atoms with Gasteiger partial charge in [0, 0.05) is 19.0 Å². The van der Waals surface area contributed by atoms with Crippen molar-refractivity contribution < 1.29 is 9.13 Å². The van der Waals surface area contributed by atoms with Crippen LogP contribution in [0.5, 0.6) is 5.75 Å². The average molecular weight is 271 g/mol. The predicted octanol–water partition coefficient (Wildman–Crippen LogP) is 3.48. The van der Waals surface area contributed by atoms with Crippen molar-refractivity contribution in [3.63, 3.8) is 0 Å². The summed E-state index contributed by atoms with van der Waals surface area (Å²) in [6.45, 7) is 2.79. The lowest BCUT2D eigenvalue weighted by Crippen LogP contribution is -2.31. The Morgan fingerprint density at radius 1 is 1.25 bits per heavy atom. The topological polar surface area (TPSA) is 21.3 Å². The Kier molecular flexibility index (Phi) is 3.70. The second kappa shape index (κ2) is 5.63. The van der Waals surface area contributed by atoms with Gasteiger partial charge in [0.05, 0.1) is 0 Å². The Bertz CT molecular complexity index is 574. The molecule has 1 N–H and O–H groups in total. The minimum absolute atomic E-state index is 0.109. The van der Waals surface area contributed by atoms with Crippen molar-refractivity contribution in [2.45, 2.75) is 25.5 Å². The number of fused-ring (bicyclic) bond motifs is 1. The van der Waals surface area contributed by atoms with E-state index in [1.807, 2.05) is 31.2 Å². The molecule has 0 amide bonds. The van der Waals surface area contributed by atoms with E-state index >= 15 is 0 Å². The fourth-order valence-corrected chi connectivity index (χ4v) is 2.57. The van der Waals surface area contributed by atoms with E-state index in [0.29, 0.717) is 0 Å². The zero-order chi connectivity index (χ0) is 13.9. The second-order valence-corrected chi connectivity index (χ2v) is 5.24. The molecule has 20 heavy (non-hydrogen) atoms. The third kappa shape index (κ3) is 2.83. The molecule has 0 bridgehead atoms. The maximum absolute atomic E-state index is 13.2. The number of hydrogen-bond donors (Lipinski definition) is 1. The van der Waals surface area contributed by atoms with Gasteiger partial charge in [-0.1, -0.05) is 30.3 Å². The molecule has 0 spiro atoms. The van der Waals surface area contributed by atoms with Gasteiger partial charge in [-0.15, -0.1) is 0 Å². The second-order valence-electron chi connectivity index (χ2n) is 5.24. The number of benzene rings is 2. The minimum atomic E-state index is -0.194. The zero-order valence-electron chi connectivity index (χ0n) is 11.5. The van der Waals surface area contributed by atoms with E-state index in [9.17, 15) is 4.39 Å². The molecule has 2 atom stereocenters. The quantitative estimate of drug-likeness (QED) is 0.919. The molecule has 0 aromatic heterocycles. The number of halogens is 1. The molecule has 104 valence electrons. The van der Waals surface area contributed by atoms with Crippen molar-refractivity contribution in [1.82, 2.24) is 5.32 Å². The van der Waals surface area contributed by atoms with Gasteiger partial charge in [0.1, 0.15) is 17.7 Å². The lowest BCUT2D eigenvalue weighted by molar-refractivity contribution is 0.222. The summed E-state index contributed by atoms with van der Waals surface area (Å²) in [5, 5.41) is 3.41. The molecule has 1 aliphatic rings. The highest BCUT2D eigenvalue weighted by atomic mass is 19.1. The monoisotopic (exact) mass is 271 g/mol. The average Bonchev–Trinajstić information content (AvgIpc) is 2.87. The van der Waals surface area contributed by atoms with E-state index in [1.54, 1.807) is 12.1 Å². The molecule has 0 saturated heterocycles. The van der Waals surface area contributed by atoms with Crippen molar-refractivity contribution in [1.29, 1.82) is 0 Å². The van der Waals surface area contributed by atoms with Gasteiger partial charge in [-0.25, -0.2) is 4.39 Å². The van der Waals surface area contributed by atoms with Crippen molar-refractivity contribution in [3.05, 3.63) is 65.5 Å². The van der Waals surface area contributed by atoms with Crippen LogP contribution in [0.3, 0.4) is 0 Å². The van der Waals surface area contributed by atoms with Gasteiger partial charge < -0.3 is 10.1 Å².